The Morgan fingerprint density at radius 1 is 1.28 bits per heavy atom. The minimum Gasteiger partial charge on any atom is -0.466 e. The van der Waals surface area contributed by atoms with E-state index in [9.17, 15) is 9.59 Å². The van der Waals surface area contributed by atoms with Crippen molar-refractivity contribution in [2.75, 3.05) is 13.7 Å². The predicted octanol–water partition coefficient (Wildman–Crippen LogP) is 2.01. The Morgan fingerprint density at radius 2 is 1.94 bits per heavy atom. The summed E-state index contributed by atoms with van der Waals surface area (Å²) in [4.78, 5) is 22.4. The summed E-state index contributed by atoms with van der Waals surface area (Å²) in [6.07, 6.45) is 3.82. The molecule has 4 nitrogen and oxygen atoms in total. The van der Waals surface area contributed by atoms with Gasteiger partial charge in [-0.25, -0.2) is 0 Å². The van der Waals surface area contributed by atoms with Crippen molar-refractivity contribution in [3.63, 3.8) is 0 Å². The monoisotopic (exact) mass is 247 g/mol. The predicted molar refractivity (Wildman–Crippen MR) is 70.1 cm³/mol. The lowest BCUT2D eigenvalue weighted by Gasteiger charge is -2.00. The number of ether oxygens (including phenoxy) is 1. The number of amides is 1. The molecule has 1 aromatic carbocycles. The van der Waals surface area contributed by atoms with Crippen molar-refractivity contribution in [3.8, 4) is 0 Å². The Morgan fingerprint density at radius 3 is 2.50 bits per heavy atom. The van der Waals surface area contributed by atoms with E-state index in [-0.39, 0.29) is 18.3 Å². The molecule has 1 aromatic rings. The number of carbonyl (C=O) groups is 2. The molecule has 0 unspecified atom stereocenters. The lowest BCUT2D eigenvalue weighted by atomic mass is 10.1. The molecular formula is C14H17NO3. The van der Waals surface area contributed by atoms with E-state index in [1.165, 1.54) is 0 Å². The molecule has 0 heterocycles. The number of benzene rings is 1. The van der Waals surface area contributed by atoms with Crippen LogP contribution < -0.4 is 5.32 Å². The number of hydrogen-bond donors (Lipinski definition) is 1. The van der Waals surface area contributed by atoms with E-state index < -0.39 is 0 Å². The second kappa shape index (κ2) is 7.27. The van der Waals surface area contributed by atoms with E-state index in [1.54, 1.807) is 32.2 Å². The molecule has 18 heavy (non-hydrogen) atoms. The van der Waals surface area contributed by atoms with Crippen molar-refractivity contribution in [1.82, 2.24) is 5.32 Å². The van der Waals surface area contributed by atoms with Gasteiger partial charge in [-0.1, -0.05) is 24.3 Å². The first kappa shape index (κ1) is 14.0. The Labute approximate surface area is 107 Å². The van der Waals surface area contributed by atoms with Gasteiger partial charge in [0.05, 0.1) is 13.0 Å². The van der Waals surface area contributed by atoms with Gasteiger partial charge in [-0.2, -0.15) is 0 Å². The quantitative estimate of drug-likeness (QED) is 0.810. The molecule has 1 N–H and O–H groups in total. The number of carbonyl (C=O) groups excluding carboxylic acids is 2. The van der Waals surface area contributed by atoms with Crippen LogP contribution in [0.3, 0.4) is 0 Å². The summed E-state index contributed by atoms with van der Waals surface area (Å²) < 4.78 is 4.80. The summed E-state index contributed by atoms with van der Waals surface area (Å²) in [5, 5.41) is 2.55. The molecule has 0 saturated heterocycles. The van der Waals surface area contributed by atoms with Gasteiger partial charge in [0.2, 0.25) is 0 Å². The third-order valence-electron chi connectivity index (χ3n) is 2.30. The van der Waals surface area contributed by atoms with Crippen LogP contribution in [0.5, 0.6) is 0 Å². The SMILES string of the molecule is CCOC(=O)CC=Cc1ccc(C(=O)NC)cc1. The summed E-state index contributed by atoms with van der Waals surface area (Å²) in [5.41, 5.74) is 1.55. The van der Waals surface area contributed by atoms with Crippen molar-refractivity contribution < 1.29 is 14.3 Å². The average Bonchev–Trinajstić information content (AvgIpc) is 2.39. The van der Waals surface area contributed by atoms with E-state index >= 15 is 0 Å². The molecule has 4 heteroatoms. The van der Waals surface area contributed by atoms with Gasteiger partial charge in [0.15, 0.2) is 0 Å². The molecule has 0 fully saturated rings. The number of esters is 1. The zero-order valence-corrected chi connectivity index (χ0v) is 10.6. The molecule has 96 valence electrons. The molecule has 0 aliphatic carbocycles. The minimum atomic E-state index is -0.240. The molecule has 0 bridgehead atoms. The van der Waals surface area contributed by atoms with Crippen LogP contribution in [0.1, 0.15) is 29.3 Å². The molecular weight excluding hydrogens is 230 g/mol. The summed E-state index contributed by atoms with van der Waals surface area (Å²) in [6.45, 7) is 2.17. The number of rotatable bonds is 5. The second-order valence-electron chi connectivity index (χ2n) is 3.61. The lowest BCUT2D eigenvalue weighted by molar-refractivity contribution is -0.142. The highest BCUT2D eigenvalue weighted by Crippen LogP contribution is 2.07. The smallest absolute Gasteiger partial charge is 0.309 e. The Balaban J connectivity index is 2.56. The average molecular weight is 247 g/mol. The molecule has 0 atom stereocenters. The van der Waals surface area contributed by atoms with E-state index in [2.05, 4.69) is 5.32 Å². The fraction of sp³-hybridized carbons (Fsp3) is 0.286. The van der Waals surface area contributed by atoms with E-state index in [0.29, 0.717) is 12.2 Å². The maximum Gasteiger partial charge on any atom is 0.309 e. The second-order valence-corrected chi connectivity index (χ2v) is 3.61. The summed E-state index contributed by atoms with van der Waals surface area (Å²) >= 11 is 0. The molecule has 0 spiro atoms. The highest BCUT2D eigenvalue weighted by Gasteiger charge is 2.01. The lowest BCUT2D eigenvalue weighted by Crippen LogP contribution is -2.17. The first-order valence-electron chi connectivity index (χ1n) is 5.81. The van der Waals surface area contributed by atoms with Gasteiger partial charge in [0, 0.05) is 12.6 Å². The van der Waals surface area contributed by atoms with Gasteiger partial charge in [-0.3, -0.25) is 9.59 Å². The van der Waals surface area contributed by atoms with Crippen molar-refractivity contribution in [2.45, 2.75) is 13.3 Å². The fourth-order valence-corrected chi connectivity index (χ4v) is 1.40. The van der Waals surface area contributed by atoms with Crippen molar-refractivity contribution in [1.29, 1.82) is 0 Å². The Kier molecular flexibility index (Phi) is 5.64. The van der Waals surface area contributed by atoms with Crippen LogP contribution in [0, 0.1) is 0 Å². The van der Waals surface area contributed by atoms with Gasteiger partial charge in [0.1, 0.15) is 0 Å². The van der Waals surface area contributed by atoms with E-state index in [4.69, 9.17) is 4.74 Å². The molecule has 0 aromatic heterocycles. The number of hydrogen-bond acceptors (Lipinski definition) is 3. The topological polar surface area (TPSA) is 55.4 Å². The van der Waals surface area contributed by atoms with Crippen LogP contribution in [0.15, 0.2) is 30.3 Å². The van der Waals surface area contributed by atoms with E-state index in [0.717, 1.165) is 5.56 Å². The Bertz CT molecular complexity index is 435. The van der Waals surface area contributed by atoms with E-state index in [1.807, 2.05) is 18.2 Å². The van der Waals surface area contributed by atoms with Gasteiger partial charge < -0.3 is 10.1 Å². The molecule has 0 radical (unpaired) electrons. The van der Waals surface area contributed by atoms with Crippen LogP contribution >= 0.6 is 0 Å². The summed E-state index contributed by atoms with van der Waals surface area (Å²) in [5.74, 6) is -0.354. The molecule has 0 aliphatic rings. The minimum absolute atomic E-state index is 0.114. The molecule has 1 amide bonds. The molecule has 0 aliphatic heterocycles. The van der Waals surface area contributed by atoms with Gasteiger partial charge in [-0.15, -0.1) is 0 Å². The third kappa shape index (κ3) is 4.41. The van der Waals surface area contributed by atoms with Crippen molar-refractivity contribution >= 4 is 18.0 Å². The summed E-state index contributed by atoms with van der Waals surface area (Å²) in [7, 11) is 1.59. The molecule has 1 rings (SSSR count). The maximum absolute atomic E-state index is 11.3. The maximum atomic E-state index is 11.3. The van der Waals surface area contributed by atoms with Crippen LogP contribution in [-0.4, -0.2) is 25.5 Å². The highest BCUT2D eigenvalue weighted by molar-refractivity contribution is 5.94. The van der Waals surface area contributed by atoms with Crippen LogP contribution in [0.2, 0.25) is 0 Å². The van der Waals surface area contributed by atoms with Crippen LogP contribution in [0.25, 0.3) is 6.08 Å². The normalized spacial score (nSPS) is 10.3. The standard InChI is InChI=1S/C14H17NO3/c1-3-18-13(16)6-4-5-11-7-9-12(10-8-11)14(17)15-2/h4-5,7-10H,3,6H2,1-2H3,(H,15,17). The van der Waals surface area contributed by atoms with Gasteiger partial charge in [-0.05, 0) is 24.6 Å². The fourth-order valence-electron chi connectivity index (χ4n) is 1.40. The van der Waals surface area contributed by atoms with Gasteiger partial charge in [0.25, 0.3) is 5.91 Å². The van der Waals surface area contributed by atoms with Crippen LogP contribution in [0.4, 0.5) is 0 Å². The van der Waals surface area contributed by atoms with Gasteiger partial charge >= 0.3 is 5.97 Å². The van der Waals surface area contributed by atoms with Crippen LogP contribution in [-0.2, 0) is 9.53 Å². The first-order chi connectivity index (χ1) is 8.67. The largest absolute Gasteiger partial charge is 0.466 e. The van der Waals surface area contributed by atoms with Crippen molar-refractivity contribution in [2.24, 2.45) is 0 Å². The third-order valence-corrected chi connectivity index (χ3v) is 2.30. The molecule has 0 saturated carbocycles. The first-order valence-corrected chi connectivity index (χ1v) is 5.81. The van der Waals surface area contributed by atoms with Crippen molar-refractivity contribution in [3.05, 3.63) is 41.5 Å². The zero-order chi connectivity index (χ0) is 13.4. The Hall–Kier alpha value is -2.10. The summed E-state index contributed by atoms with van der Waals surface area (Å²) in [6, 6.07) is 7.13. The highest BCUT2D eigenvalue weighted by atomic mass is 16.5. The zero-order valence-electron chi connectivity index (χ0n) is 10.6. The number of nitrogens with one attached hydrogen (secondary N) is 1.